The second kappa shape index (κ2) is 38.5. The number of nitrogens with two attached hydrogens (primary N) is 1. The minimum Gasteiger partial charge on any atom is -0.462 e. The van der Waals surface area contributed by atoms with Crippen molar-refractivity contribution in [1.29, 1.82) is 0 Å². The van der Waals surface area contributed by atoms with Crippen molar-refractivity contribution in [2.45, 2.75) is 224 Å². The molecule has 71 heavy (non-hydrogen) atoms. The maximum atomic E-state index is 12.9. The Morgan fingerprint density at radius 3 is 1.92 bits per heavy atom. The first kappa shape index (κ1) is 64.1. The molecule has 0 saturated carbocycles. The number of hydrogen-bond donors (Lipinski definition) is 6. The number of esters is 2. The molecule has 1 fully saturated rings. The second-order valence-electron chi connectivity index (χ2n) is 18.2. The predicted molar refractivity (Wildman–Crippen MR) is 272 cm³/mol. The van der Waals surface area contributed by atoms with Gasteiger partial charge < -0.3 is 45.1 Å². The van der Waals surface area contributed by atoms with Crippen LogP contribution >= 0.6 is 15.6 Å². The van der Waals surface area contributed by atoms with Crippen molar-refractivity contribution in [3.63, 3.8) is 0 Å². The van der Waals surface area contributed by atoms with Gasteiger partial charge in [-0.15, -0.1) is 0 Å². The van der Waals surface area contributed by atoms with E-state index in [2.05, 4.69) is 35.3 Å². The smallest absolute Gasteiger partial charge is 0.462 e. The van der Waals surface area contributed by atoms with Gasteiger partial charge in [0.1, 0.15) is 30.7 Å². The Morgan fingerprint density at radius 1 is 0.746 bits per heavy atom. The molecular weight excluding hydrogens is 961 g/mol. The lowest BCUT2D eigenvalue weighted by molar-refractivity contribution is -0.161. The number of aliphatic hydroxyl groups is 3. The predicted octanol–water partition coefficient (Wildman–Crippen LogP) is 9.75. The van der Waals surface area contributed by atoms with E-state index in [1.54, 1.807) is 12.2 Å². The van der Waals surface area contributed by atoms with Gasteiger partial charge in [0.05, 0.1) is 19.3 Å². The fourth-order valence-electron chi connectivity index (χ4n) is 7.73. The SMILES string of the molecule is CCCCCCCC/C=C/C/C=C/C=C/C(O)CCCC(=O)O[C@H](COC(=O)CCCCCCCCCCCCCCCCC)COP(=O)(O)OP(=O)(O)OC[C@H]1O[C@@H](n2ccc(N)nc2=O)[C@H](O)[C@@H]1O. The number of carbonyl (C=O) groups excluding carboxylic acids is 2. The third-order valence-corrected chi connectivity index (χ3v) is 14.4. The van der Waals surface area contributed by atoms with Gasteiger partial charge in [-0.1, -0.05) is 172 Å². The van der Waals surface area contributed by atoms with Crippen LogP contribution in [0.1, 0.15) is 193 Å². The van der Waals surface area contributed by atoms with E-state index in [-0.39, 0.29) is 31.5 Å². The average Bonchev–Trinajstić information content (AvgIpc) is 3.60. The zero-order valence-corrected chi connectivity index (χ0v) is 44.2. The molecule has 0 aromatic carbocycles. The van der Waals surface area contributed by atoms with Crippen molar-refractivity contribution in [3.8, 4) is 0 Å². The zero-order chi connectivity index (χ0) is 52.2. The summed E-state index contributed by atoms with van der Waals surface area (Å²) in [6.07, 6.45) is 31.0. The summed E-state index contributed by atoms with van der Waals surface area (Å²) in [5.41, 5.74) is 4.57. The van der Waals surface area contributed by atoms with Crippen molar-refractivity contribution >= 4 is 33.4 Å². The topological polar surface area (TPSA) is 286 Å². The van der Waals surface area contributed by atoms with E-state index in [4.69, 9.17) is 29.0 Å². The van der Waals surface area contributed by atoms with Crippen LogP contribution in [-0.4, -0.2) is 96.9 Å². The average molecular weight is 1050 g/mol. The van der Waals surface area contributed by atoms with Crippen molar-refractivity contribution in [1.82, 2.24) is 9.55 Å². The number of nitrogen functional groups attached to an aromatic ring is 1. The number of hydrogen-bond acceptors (Lipinski definition) is 16. The lowest BCUT2D eigenvalue weighted by Gasteiger charge is -2.21. The molecule has 19 nitrogen and oxygen atoms in total. The highest BCUT2D eigenvalue weighted by molar-refractivity contribution is 7.61. The molecule has 408 valence electrons. The summed E-state index contributed by atoms with van der Waals surface area (Å²) in [5.74, 6) is -1.49. The Bertz CT molecular complexity index is 1850. The maximum absolute atomic E-state index is 12.9. The van der Waals surface area contributed by atoms with E-state index in [1.807, 2.05) is 12.2 Å². The number of anilines is 1. The van der Waals surface area contributed by atoms with E-state index >= 15 is 0 Å². The van der Waals surface area contributed by atoms with E-state index in [0.717, 1.165) is 49.3 Å². The monoisotopic (exact) mass is 1050 g/mol. The second-order valence-corrected chi connectivity index (χ2v) is 21.3. The summed E-state index contributed by atoms with van der Waals surface area (Å²) in [6.45, 7) is 1.98. The molecule has 1 saturated heterocycles. The van der Waals surface area contributed by atoms with Crippen molar-refractivity contribution in [2.75, 3.05) is 25.6 Å². The van der Waals surface area contributed by atoms with Gasteiger partial charge in [-0.05, 0) is 44.6 Å². The van der Waals surface area contributed by atoms with Gasteiger partial charge in [0.15, 0.2) is 12.3 Å². The van der Waals surface area contributed by atoms with E-state index in [9.17, 15) is 48.6 Å². The van der Waals surface area contributed by atoms with Crippen LogP contribution in [0.25, 0.3) is 0 Å². The number of nitrogens with zero attached hydrogens (tertiary/aromatic N) is 2. The van der Waals surface area contributed by atoms with Crippen LogP contribution in [-0.2, 0) is 46.3 Å². The number of rotatable bonds is 43. The van der Waals surface area contributed by atoms with Gasteiger partial charge in [-0.25, -0.2) is 13.9 Å². The molecule has 3 unspecified atom stereocenters. The Kier molecular flexibility index (Phi) is 34.7. The number of allylic oxidation sites excluding steroid dienone is 5. The van der Waals surface area contributed by atoms with Crippen molar-refractivity contribution in [2.24, 2.45) is 0 Å². The number of aromatic nitrogens is 2. The number of aliphatic hydroxyl groups excluding tert-OH is 3. The molecule has 0 aliphatic carbocycles. The minimum atomic E-state index is -5.47. The molecule has 2 heterocycles. The molecule has 0 bridgehead atoms. The Morgan fingerprint density at radius 2 is 1.31 bits per heavy atom. The molecule has 2 rings (SSSR count). The maximum Gasteiger partial charge on any atom is 0.481 e. The van der Waals surface area contributed by atoms with Crippen LogP contribution in [0.15, 0.2) is 53.5 Å². The summed E-state index contributed by atoms with van der Waals surface area (Å²) < 4.78 is 56.6. The van der Waals surface area contributed by atoms with Crippen LogP contribution < -0.4 is 11.4 Å². The quantitative estimate of drug-likeness (QED) is 0.0117. The zero-order valence-electron chi connectivity index (χ0n) is 42.4. The van der Waals surface area contributed by atoms with Gasteiger partial charge in [0, 0.05) is 19.0 Å². The molecule has 1 aliphatic heterocycles. The first-order chi connectivity index (χ1) is 34.1. The number of carbonyl (C=O) groups is 2. The number of ether oxygens (including phenoxy) is 3. The van der Waals surface area contributed by atoms with Crippen molar-refractivity contribution < 1.29 is 71.4 Å². The van der Waals surface area contributed by atoms with Crippen molar-refractivity contribution in [3.05, 3.63) is 59.2 Å². The molecule has 7 N–H and O–H groups in total. The first-order valence-electron chi connectivity index (χ1n) is 26.1. The summed E-state index contributed by atoms with van der Waals surface area (Å²) in [7, 11) is -10.9. The van der Waals surface area contributed by atoms with E-state index < -0.39 is 89.8 Å². The lowest BCUT2D eigenvalue weighted by atomic mass is 10.0. The summed E-state index contributed by atoms with van der Waals surface area (Å²) in [6, 6.07) is 1.24. The summed E-state index contributed by atoms with van der Waals surface area (Å²) in [5, 5.41) is 31.3. The molecule has 21 heteroatoms. The van der Waals surface area contributed by atoms with Gasteiger partial charge in [0.25, 0.3) is 0 Å². The largest absolute Gasteiger partial charge is 0.481 e. The van der Waals surface area contributed by atoms with Crippen LogP contribution in [0.2, 0.25) is 0 Å². The van der Waals surface area contributed by atoms with Gasteiger partial charge in [0.2, 0.25) is 0 Å². The minimum absolute atomic E-state index is 0.0910. The van der Waals surface area contributed by atoms with E-state index in [1.165, 1.54) is 109 Å². The Balaban J connectivity index is 1.85. The molecule has 0 radical (unpaired) electrons. The van der Waals surface area contributed by atoms with Crippen LogP contribution in [0.5, 0.6) is 0 Å². The van der Waals surface area contributed by atoms with Gasteiger partial charge >= 0.3 is 33.3 Å². The summed E-state index contributed by atoms with van der Waals surface area (Å²) in [4.78, 5) is 61.9. The number of phosphoric ester groups is 2. The van der Waals surface area contributed by atoms with Crippen LogP contribution in [0.4, 0.5) is 5.82 Å². The lowest BCUT2D eigenvalue weighted by Crippen LogP contribution is -2.36. The molecule has 0 amide bonds. The standard InChI is InChI=1S/C50H87N3O16P2/c1-3-5-7-9-11-13-15-17-18-20-22-24-26-28-30-34-45(55)64-38-42(67-46(56)35-31-33-41(54)32-29-27-25-23-21-19-16-14-12-10-8-6-4-2)39-65-70(60,61)69-71(62,63)66-40-43-47(57)48(58)49(68-43)53-37-36-44(51)52-50(53)59/h19,21,25,27,29,32,36-37,41-43,47-49,54,57-58H,3-18,20,22-24,26,28,30-31,33-35,38-40H2,1-2H3,(H,60,61)(H,62,63)(H2,51,52,59)/b21-19+,27-25+,32-29+/t41?,42-,43-,47-,48-,49-/m1/s1. The third kappa shape index (κ3) is 31.3. The number of unbranched alkanes of at least 4 members (excludes halogenated alkanes) is 20. The summed E-state index contributed by atoms with van der Waals surface area (Å²) >= 11 is 0. The van der Waals surface area contributed by atoms with Gasteiger partial charge in [-0.3, -0.25) is 23.2 Å². The van der Waals surface area contributed by atoms with Crippen LogP contribution in [0, 0.1) is 0 Å². The van der Waals surface area contributed by atoms with E-state index in [0.29, 0.717) is 6.42 Å². The number of phosphoric acid groups is 2. The fourth-order valence-corrected chi connectivity index (χ4v) is 9.85. The normalized spacial score (nSPS) is 19.9. The Hall–Kier alpha value is -3.06. The highest BCUT2D eigenvalue weighted by Gasteiger charge is 2.46. The molecule has 8 atom stereocenters. The van der Waals surface area contributed by atoms with Crippen LogP contribution in [0.3, 0.4) is 0 Å². The Labute approximate surface area is 421 Å². The molecule has 1 aromatic heterocycles. The fraction of sp³-hybridized carbons (Fsp3) is 0.760. The molecular formula is C50H87N3O16P2. The molecule has 1 aliphatic rings. The molecule has 0 spiro atoms. The highest BCUT2D eigenvalue weighted by atomic mass is 31.3. The highest BCUT2D eigenvalue weighted by Crippen LogP contribution is 2.60. The molecule has 1 aromatic rings. The first-order valence-corrected chi connectivity index (χ1v) is 29.1. The van der Waals surface area contributed by atoms with Gasteiger partial charge in [-0.2, -0.15) is 9.29 Å². The third-order valence-electron chi connectivity index (χ3n) is 11.8.